The Balaban J connectivity index is 1.82. The Kier molecular flexibility index (Phi) is 4.29. The van der Waals surface area contributed by atoms with E-state index in [0.29, 0.717) is 17.8 Å². The number of benzene rings is 2. The predicted octanol–water partition coefficient (Wildman–Crippen LogP) is 4.84. The van der Waals surface area contributed by atoms with Gasteiger partial charge in [0.15, 0.2) is 11.6 Å². The van der Waals surface area contributed by atoms with E-state index >= 15 is 0 Å². The molecule has 5 heteroatoms. The summed E-state index contributed by atoms with van der Waals surface area (Å²) in [7, 11) is 0. The molecule has 0 unspecified atom stereocenters. The van der Waals surface area contributed by atoms with Crippen molar-refractivity contribution in [3.63, 3.8) is 0 Å². The van der Waals surface area contributed by atoms with Gasteiger partial charge in [-0.1, -0.05) is 25.1 Å². The van der Waals surface area contributed by atoms with Gasteiger partial charge in [-0.2, -0.15) is 0 Å². The Hall–Kier alpha value is -2.95. The first kappa shape index (κ1) is 16.5. The first-order chi connectivity index (χ1) is 12.7. The number of hydrogen-bond acceptors (Lipinski definition) is 3. The number of aryl methyl sites for hydroxylation is 1. The largest absolute Gasteiger partial charge is 0.338 e. The summed E-state index contributed by atoms with van der Waals surface area (Å²) in [5.74, 6) is 0.395. The molecular formula is C21H20FN3O. The molecular weight excluding hydrogens is 329 g/mol. The molecule has 0 aliphatic heterocycles. The van der Waals surface area contributed by atoms with Crippen LogP contribution in [0.5, 0.6) is 0 Å². The fourth-order valence-electron chi connectivity index (χ4n) is 3.48. The van der Waals surface area contributed by atoms with Gasteiger partial charge in [0.2, 0.25) is 0 Å². The average Bonchev–Trinajstić information content (AvgIpc) is 3.03. The fraction of sp³-hybridized carbons (Fsp3) is 0.238. The molecule has 0 atom stereocenters. The van der Waals surface area contributed by atoms with E-state index in [1.165, 1.54) is 17.7 Å². The first-order valence-electron chi connectivity index (χ1n) is 8.93. The molecule has 1 aliphatic carbocycles. The fourth-order valence-corrected chi connectivity index (χ4v) is 3.48. The van der Waals surface area contributed by atoms with Crippen molar-refractivity contribution in [1.29, 1.82) is 0 Å². The van der Waals surface area contributed by atoms with Crippen molar-refractivity contribution >= 4 is 17.3 Å². The molecule has 0 spiro atoms. The third-order valence-corrected chi connectivity index (χ3v) is 4.80. The molecule has 0 bridgehead atoms. The highest BCUT2D eigenvalue weighted by atomic mass is 19.1. The van der Waals surface area contributed by atoms with Crippen LogP contribution in [0.4, 0.5) is 15.9 Å². The molecule has 26 heavy (non-hydrogen) atoms. The van der Waals surface area contributed by atoms with Crippen LogP contribution in [-0.2, 0) is 12.8 Å². The third-order valence-electron chi connectivity index (χ3n) is 4.80. The van der Waals surface area contributed by atoms with Gasteiger partial charge < -0.3 is 5.32 Å². The van der Waals surface area contributed by atoms with Crippen LogP contribution >= 0.6 is 0 Å². The van der Waals surface area contributed by atoms with E-state index in [0.717, 1.165) is 36.3 Å². The highest BCUT2D eigenvalue weighted by Gasteiger charge is 2.28. The number of Topliss-reactive ketones (excluding diaryl/α,β-unsaturated/α-hetero) is 1. The van der Waals surface area contributed by atoms with Crippen LogP contribution in [0.2, 0.25) is 0 Å². The quantitative estimate of drug-likeness (QED) is 0.733. The lowest BCUT2D eigenvalue weighted by molar-refractivity contribution is 0.0973. The van der Waals surface area contributed by atoms with E-state index in [4.69, 9.17) is 0 Å². The average molecular weight is 349 g/mol. The Labute approximate surface area is 151 Å². The van der Waals surface area contributed by atoms with Gasteiger partial charge in [0.25, 0.3) is 0 Å². The minimum atomic E-state index is -0.291. The topological polar surface area (TPSA) is 46.9 Å². The van der Waals surface area contributed by atoms with Crippen LogP contribution in [-0.4, -0.2) is 15.6 Å². The lowest BCUT2D eigenvalue weighted by atomic mass is 9.95. The van der Waals surface area contributed by atoms with Crippen LogP contribution in [0.3, 0.4) is 0 Å². The smallest absolute Gasteiger partial charge is 0.168 e. The zero-order valence-corrected chi connectivity index (χ0v) is 14.6. The van der Waals surface area contributed by atoms with E-state index in [2.05, 4.69) is 23.4 Å². The van der Waals surface area contributed by atoms with Gasteiger partial charge in [0.1, 0.15) is 5.82 Å². The van der Waals surface area contributed by atoms with Crippen LogP contribution in [0.15, 0.2) is 48.5 Å². The summed E-state index contributed by atoms with van der Waals surface area (Å²) in [5.41, 5.74) is 4.44. The standard InChI is InChI=1S/C21H20FN3O/c1-2-14-6-3-4-7-17(14)23-21-20-18(8-5-9-19(20)26)25(24-21)16-12-10-15(22)11-13-16/h3-4,6-7,10-13H,2,5,8-9H2,1H3,(H,23,24). The maximum Gasteiger partial charge on any atom is 0.168 e. The van der Waals surface area contributed by atoms with Gasteiger partial charge in [-0.3, -0.25) is 4.79 Å². The second-order valence-electron chi connectivity index (χ2n) is 6.47. The van der Waals surface area contributed by atoms with Gasteiger partial charge in [-0.05, 0) is 55.2 Å². The molecule has 2 aromatic carbocycles. The Morgan fingerprint density at radius 2 is 1.88 bits per heavy atom. The maximum absolute atomic E-state index is 13.3. The normalized spacial score (nSPS) is 13.5. The van der Waals surface area contributed by atoms with E-state index in [9.17, 15) is 9.18 Å². The number of carbonyl (C=O) groups excluding carboxylic acids is 1. The minimum absolute atomic E-state index is 0.107. The Bertz CT molecular complexity index is 960. The summed E-state index contributed by atoms with van der Waals surface area (Å²) in [5, 5.41) is 8.03. The maximum atomic E-state index is 13.3. The van der Waals surface area contributed by atoms with Gasteiger partial charge in [0.05, 0.1) is 16.9 Å². The number of aromatic nitrogens is 2. The zero-order valence-electron chi connectivity index (χ0n) is 14.6. The summed E-state index contributed by atoms with van der Waals surface area (Å²) in [6.45, 7) is 2.10. The minimum Gasteiger partial charge on any atom is -0.338 e. The zero-order chi connectivity index (χ0) is 18.1. The van der Waals surface area contributed by atoms with Crippen molar-refractivity contribution in [3.8, 4) is 5.69 Å². The first-order valence-corrected chi connectivity index (χ1v) is 8.93. The molecule has 0 saturated carbocycles. The molecule has 4 rings (SSSR count). The number of nitrogens with zero attached hydrogens (tertiary/aromatic N) is 2. The lowest BCUT2D eigenvalue weighted by Gasteiger charge is -2.14. The molecule has 4 nitrogen and oxygen atoms in total. The lowest BCUT2D eigenvalue weighted by Crippen LogP contribution is -2.13. The second-order valence-corrected chi connectivity index (χ2v) is 6.47. The molecule has 0 amide bonds. The van der Waals surface area contributed by atoms with Crippen LogP contribution in [0.1, 0.15) is 41.4 Å². The monoisotopic (exact) mass is 349 g/mol. The number of rotatable bonds is 4. The van der Waals surface area contributed by atoms with Crippen LogP contribution < -0.4 is 5.32 Å². The highest BCUT2D eigenvalue weighted by molar-refractivity contribution is 6.03. The number of carbonyl (C=O) groups is 1. The van der Waals surface area contributed by atoms with Crippen molar-refractivity contribution in [2.75, 3.05) is 5.32 Å². The van der Waals surface area contributed by atoms with Crippen LogP contribution in [0, 0.1) is 5.82 Å². The Morgan fingerprint density at radius 3 is 2.65 bits per heavy atom. The van der Waals surface area contributed by atoms with Gasteiger partial charge >= 0.3 is 0 Å². The molecule has 1 N–H and O–H groups in total. The third kappa shape index (κ3) is 2.90. The summed E-state index contributed by atoms with van der Waals surface area (Å²) in [4.78, 5) is 12.6. The van der Waals surface area contributed by atoms with E-state index in [1.807, 2.05) is 18.2 Å². The van der Waals surface area contributed by atoms with Crippen molar-refractivity contribution in [3.05, 3.63) is 71.2 Å². The number of nitrogens with one attached hydrogen (secondary N) is 1. The number of anilines is 2. The number of para-hydroxylation sites is 1. The van der Waals surface area contributed by atoms with Crippen LogP contribution in [0.25, 0.3) is 5.69 Å². The van der Waals surface area contributed by atoms with Crippen molar-refractivity contribution in [1.82, 2.24) is 9.78 Å². The van der Waals surface area contributed by atoms with Gasteiger partial charge in [-0.25, -0.2) is 9.07 Å². The van der Waals surface area contributed by atoms with Crippen molar-refractivity contribution < 1.29 is 9.18 Å². The molecule has 0 fully saturated rings. The summed E-state index contributed by atoms with van der Waals surface area (Å²) in [6, 6.07) is 14.2. The number of fused-ring (bicyclic) bond motifs is 1. The number of hydrogen-bond donors (Lipinski definition) is 1. The number of ketones is 1. The molecule has 1 aliphatic rings. The van der Waals surface area contributed by atoms with E-state index < -0.39 is 0 Å². The summed E-state index contributed by atoms with van der Waals surface area (Å²) < 4.78 is 15.1. The van der Waals surface area contributed by atoms with Gasteiger partial charge in [0, 0.05) is 12.1 Å². The second kappa shape index (κ2) is 6.75. The molecule has 0 radical (unpaired) electrons. The SMILES string of the molecule is CCc1ccccc1Nc1nn(-c2ccc(F)cc2)c2c1C(=O)CCC2. The summed E-state index contributed by atoms with van der Waals surface area (Å²) in [6.07, 6.45) is 3.01. The molecule has 132 valence electrons. The predicted molar refractivity (Wildman–Crippen MR) is 99.9 cm³/mol. The molecule has 1 aromatic heterocycles. The molecule has 0 saturated heterocycles. The molecule has 1 heterocycles. The molecule has 3 aromatic rings. The van der Waals surface area contributed by atoms with Crippen molar-refractivity contribution in [2.24, 2.45) is 0 Å². The highest BCUT2D eigenvalue weighted by Crippen LogP contribution is 2.32. The van der Waals surface area contributed by atoms with Crippen molar-refractivity contribution in [2.45, 2.75) is 32.6 Å². The summed E-state index contributed by atoms with van der Waals surface area (Å²) >= 11 is 0. The number of halogens is 1. The van der Waals surface area contributed by atoms with Gasteiger partial charge in [-0.15, -0.1) is 5.10 Å². The Morgan fingerprint density at radius 1 is 1.12 bits per heavy atom. The van der Waals surface area contributed by atoms with E-state index in [-0.39, 0.29) is 11.6 Å². The van der Waals surface area contributed by atoms with E-state index in [1.54, 1.807) is 16.8 Å².